The van der Waals surface area contributed by atoms with Gasteiger partial charge in [0.05, 0.1) is 6.04 Å². The SMILES string of the molecule is CC(C)N(CC1CCCCN1)C(C)C(=O)NCC(F)(F)F. The minimum absolute atomic E-state index is 0.0976. The van der Waals surface area contributed by atoms with E-state index in [9.17, 15) is 18.0 Å². The Labute approximate surface area is 124 Å². The molecule has 2 unspecified atom stereocenters. The van der Waals surface area contributed by atoms with E-state index in [1.807, 2.05) is 24.1 Å². The topological polar surface area (TPSA) is 44.4 Å². The second-order valence-corrected chi connectivity index (χ2v) is 5.95. The minimum Gasteiger partial charge on any atom is -0.346 e. The van der Waals surface area contributed by atoms with Crippen molar-refractivity contribution < 1.29 is 18.0 Å². The number of carbonyl (C=O) groups excluding carboxylic acids is 1. The summed E-state index contributed by atoms with van der Waals surface area (Å²) in [6.07, 6.45) is -1.03. The number of halogens is 3. The van der Waals surface area contributed by atoms with Crippen LogP contribution in [0.3, 0.4) is 0 Å². The van der Waals surface area contributed by atoms with Crippen LogP contribution in [0.4, 0.5) is 13.2 Å². The number of rotatable bonds is 6. The highest BCUT2D eigenvalue weighted by atomic mass is 19.4. The van der Waals surface area contributed by atoms with E-state index in [0.717, 1.165) is 25.8 Å². The van der Waals surface area contributed by atoms with Gasteiger partial charge in [0.25, 0.3) is 0 Å². The van der Waals surface area contributed by atoms with Crippen LogP contribution in [0.1, 0.15) is 40.0 Å². The highest BCUT2D eigenvalue weighted by Crippen LogP contribution is 2.15. The van der Waals surface area contributed by atoms with Gasteiger partial charge in [-0.3, -0.25) is 9.69 Å². The zero-order valence-corrected chi connectivity index (χ0v) is 13.0. The summed E-state index contributed by atoms with van der Waals surface area (Å²) in [5.74, 6) is -0.572. The van der Waals surface area contributed by atoms with E-state index in [1.54, 1.807) is 6.92 Å². The number of alkyl halides is 3. The molecule has 1 aliphatic rings. The lowest BCUT2D eigenvalue weighted by atomic mass is 10.0. The fourth-order valence-electron chi connectivity index (χ4n) is 2.64. The largest absolute Gasteiger partial charge is 0.405 e. The van der Waals surface area contributed by atoms with Crippen LogP contribution in [0.5, 0.6) is 0 Å². The van der Waals surface area contributed by atoms with Crippen LogP contribution in [0, 0.1) is 0 Å². The van der Waals surface area contributed by atoms with E-state index in [0.29, 0.717) is 12.6 Å². The van der Waals surface area contributed by atoms with Gasteiger partial charge in [-0.05, 0) is 40.2 Å². The van der Waals surface area contributed by atoms with Crippen molar-refractivity contribution in [3.8, 4) is 0 Å². The lowest BCUT2D eigenvalue weighted by Gasteiger charge is -2.36. The number of hydrogen-bond acceptors (Lipinski definition) is 3. The molecule has 0 spiro atoms. The molecule has 0 bridgehead atoms. The average Bonchev–Trinajstić information content (AvgIpc) is 2.41. The molecule has 2 N–H and O–H groups in total. The van der Waals surface area contributed by atoms with Gasteiger partial charge in [0.1, 0.15) is 6.54 Å². The fraction of sp³-hybridized carbons (Fsp3) is 0.929. The second kappa shape index (κ2) is 7.98. The maximum atomic E-state index is 12.2. The quantitative estimate of drug-likeness (QED) is 0.788. The maximum Gasteiger partial charge on any atom is 0.405 e. The van der Waals surface area contributed by atoms with Gasteiger partial charge < -0.3 is 10.6 Å². The first-order valence-electron chi connectivity index (χ1n) is 7.54. The smallest absolute Gasteiger partial charge is 0.346 e. The van der Waals surface area contributed by atoms with Gasteiger partial charge in [-0.2, -0.15) is 13.2 Å². The molecule has 1 saturated heterocycles. The standard InChI is InChI=1S/C14H26F3N3O/c1-10(2)20(8-12-6-4-5-7-18-12)11(3)13(21)19-9-14(15,16)17/h10-12,18H,4-9H2,1-3H3,(H,19,21). The minimum atomic E-state index is -4.37. The number of piperidine rings is 1. The van der Waals surface area contributed by atoms with Crippen molar-refractivity contribution in [1.82, 2.24) is 15.5 Å². The summed E-state index contributed by atoms with van der Waals surface area (Å²) in [5, 5.41) is 5.37. The number of amides is 1. The molecule has 0 aromatic rings. The van der Waals surface area contributed by atoms with Crippen molar-refractivity contribution in [2.45, 2.75) is 64.3 Å². The molecular formula is C14H26F3N3O. The predicted octanol–water partition coefficient (Wildman–Crippen LogP) is 1.91. The lowest BCUT2D eigenvalue weighted by Crippen LogP contribution is -2.54. The number of nitrogens with one attached hydrogen (secondary N) is 2. The Balaban J connectivity index is 2.55. The summed E-state index contributed by atoms with van der Waals surface area (Å²) in [7, 11) is 0. The van der Waals surface area contributed by atoms with E-state index in [-0.39, 0.29) is 6.04 Å². The third kappa shape index (κ3) is 6.65. The first-order valence-corrected chi connectivity index (χ1v) is 7.54. The Morgan fingerprint density at radius 3 is 2.48 bits per heavy atom. The normalized spacial score (nSPS) is 21.6. The number of nitrogens with zero attached hydrogens (tertiary/aromatic N) is 1. The molecule has 4 nitrogen and oxygen atoms in total. The molecule has 1 amide bonds. The van der Waals surface area contributed by atoms with Gasteiger partial charge in [-0.1, -0.05) is 6.42 Å². The molecule has 0 aromatic carbocycles. The van der Waals surface area contributed by atoms with Gasteiger partial charge in [-0.15, -0.1) is 0 Å². The average molecular weight is 309 g/mol. The highest BCUT2D eigenvalue weighted by molar-refractivity contribution is 5.81. The molecule has 1 rings (SSSR count). The molecule has 7 heteroatoms. The van der Waals surface area contributed by atoms with Crippen molar-refractivity contribution in [2.75, 3.05) is 19.6 Å². The van der Waals surface area contributed by atoms with Gasteiger partial charge in [0.2, 0.25) is 5.91 Å². The van der Waals surface area contributed by atoms with E-state index in [4.69, 9.17) is 0 Å². The lowest BCUT2D eigenvalue weighted by molar-refractivity contribution is -0.141. The van der Waals surface area contributed by atoms with Crippen LogP contribution < -0.4 is 10.6 Å². The fourth-order valence-corrected chi connectivity index (χ4v) is 2.64. The van der Waals surface area contributed by atoms with E-state index >= 15 is 0 Å². The second-order valence-electron chi connectivity index (χ2n) is 5.95. The zero-order valence-electron chi connectivity index (χ0n) is 13.0. The Morgan fingerprint density at radius 2 is 2.00 bits per heavy atom. The molecule has 0 aliphatic carbocycles. The summed E-state index contributed by atoms with van der Waals surface area (Å²) < 4.78 is 36.5. The molecule has 0 saturated carbocycles. The van der Waals surface area contributed by atoms with Gasteiger partial charge in [0, 0.05) is 18.6 Å². The monoisotopic (exact) mass is 309 g/mol. The van der Waals surface area contributed by atoms with Crippen LogP contribution in [0.25, 0.3) is 0 Å². The molecule has 2 atom stereocenters. The van der Waals surface area contributed by atoms with Crippen LogP contribution in [-0.2, 0) is 4.79 Å². The molecule has 0 radical (unpaired) electrons. The van der Waals surface area contributed by atoms with Crippen molar-refractivity contribution >= 4 is 5.91 Å². The van der Waals surface area contributed by atoms with Gasteiger partial charge >= 0.3 is 6.18 Å². The Kier molecular flexibility index (Phi) is 6.93. The highest BCUT2D eigenvalue weighted by Gasteiger charge is 2.31. The number of hydrogen-bond donors (Lipinski definition) is 2. The third-order valence-corrected chi connectivity index (χ3v) is 3.85. The molecule has 124 valence electrons. The van der Waals surface area contributed by atoms with Crippen molar-refractivity contribution in [2.24, 2.45) is 0 Å². The van der Waals surface area contributed by atoms with Crippen LogP contribution >= 0.6 is 0 Å². The molecule has 21 heavy (non-hydrogen) atoms. The van der Waals surface area contributed by atoms with Crippen LogP contribution in [0.2, 0.25) is 0 Å². The Morgan fingerprint density at radius 1 is 1.33 bits per heavy atom. The summed E-state index contributed by atoms with van der Waals surface area (Å²) >= 11 is 0. The summed E-state index contributed by atoms with van der Waals surface area (Å²) in [6.45, 7) is 5.94. The summed E-state index contributed by atoms with van der Waals surface area (Å²) in [5.41, 5.74) is 0. The Bertz CT molecular complexity index is 328. The molecule has 1 aliphatic heterocycles. The number of carbonyl (C=O) groups is 1. The molecule has 1 heterocycles. The first-order chi connectivity index (χ1) is 9.70. The third-order valence-electron chi connectivity index (χ3n) is 3.85. The van der Waals surface area contributed by atoms with Crippen LogP contribution in [-0.4, -0.2) is 54.7 Å². The maximum absolute atomic E-state index is 12.2. The van der Waals surface area contributed by atoms with E-state index in [2.05, 4.69) is 5.32 Å². The molecule has 1 fully saturated rings. The summed E-state index contributed by atoms with van der Waals surface area (Å²) in [6, 6.07) is -0.171. The predicted molar refractivity (Wildman–Crippen MR) is 76.0 cm³/mol. The van der Waals surface area contributed by atoms with Gasteiger partial charge in [-0.25, -0.2) is 0 Å². The van der Waals surface area contributed by atoms with Crippen molar-refractivity contribution in [3.05, 3.63) is 0 Å². The van der Waals surface area contributed by atoms with Gasteiger partial charge in [0.15, 0.2) is 0 Å². The van der Waals surface area contributed by atoms with Crippen molar-refractivity contribution in [1.29, 1.82) is 0 Å². The first kappa shape index (κ1) is 18.2. The van der Waals surface area contributed by atoms with E-state index < -0.39 is 24.7 Å². The van der Waals surface area contributed by atoms with E-state index in [1.165, 1.54) is 0 Å². The van der Waals surface area contributed by atoms with Crippen molar-refractivity contribution in [3.63, 3.8) is 0 Å². The summed E-state index contributed by atoms with van der Waals surface area (Å²) in [4.78, 5) is 13.9. The van der Waals surface area contributed by atoms with Crippen LogP contribution in [0.15, 0.2) is 0 Å². The molecule has 0 aromatic heterocycles. The molecular weight excluding hydrogens is 283 g/mol. The zero-order chi connectivity index (χ0) is 16.0. The Hall–Kier alpha value is -0.820.